The van der Waals surface area contributed by atoms with E-state index in [1.54, 1.807) is 13.2 Å². The highest BCUT2D eigenvalue weighted by molar-refractivity contribution is 6.30. The van der Waals surface area contributed by atoms with Crippen molar-refractivity contribution in [3.63, 3.8) is 0 Å². The summed E-state index contributed by atoms with van der Waals surface area (Å²) < 4.78 is 5.39. The molecule has 0 saturated heterocycles. The lowest BCUT2D eigenvalue weighted by Crippen LogP contribution is -2.26. The Labute approximate surface area is 120 Å². The maximum absolute atomic E-state index is 11.1. The van der Waals surface area contributed by atoms with Gasteiger partial charge in [0.1, 0.15) is 5.75 Å². The lowest BCUT2D eigenvalue weighted by molar-refractivity contribution is 0.0159. The van der Waals surface area contributed by atoms with Crippen LogP contribution in [0, 0.1) is 5.41 Å². The summed E-state index contributed by atoms with van der Waals surface area (Å²) in [6, 6.07) is 5.48. The van der Waals surface area contributed by atoms with Gasteiger partial charge >= 0.3 is 0 Å². The average Bonchev–Trinajstić information content (AvgIpc) is 2.49. The summed E-state index contributed by atoms with van der Waals surface area (Å²) in [4.78, 5) is 0. The second-order valence-corrected chi connectivity index (χ2v) is 6.83. The van der Waals surface area contributed by atoms with Gasteiger partial charge < -0.3 is 9.84 Å². The third-order valence-corrected chi connectivity index (χ3v) is 4.56. The fourth-order valence-electron chi connectivity index (χ4n) is 2.97. The molecule has 3 heteroatoms. The molecule has 1 aliphatic rings. The van der Waals surface area contributed by atoms with Gasteiger partial charge in [-0.3, -0.25) is 0 Å². The maximum Gasteiger partial charge on any atom is 0.125 e. The standard InChI is InChI=1S/C16H23ClO2/c1-15(2)7-4-8-16(18,10-9-15)13-11-12(17)5-6-14(13)19-3/h5-6,11,18H,4,7-10H2,1-3H3. The molecule has 1 aliphatic carbocycles. The van der Waals surface area contributed by atoms with Gasteiger partial charge in [-0.2, -0.15) is 0 Å². The van der Waals surface area contributed by atoms with Crippen LogP contribution in [0.25, 0.3) is 0 Å². The lowest BCUT2D eigenvalue weighted by Gasteiger charge is -2.30. The molecule has 1 atom stereocenters. The first kappa shape index (κ1) is 14.7. The van der Waals surface area contributed by atoms with E-state index in [1.165, 1.54) is 0 Å². The van der Waals surface area contributed by atoms with E-state index in [0.717, 1.165) is 43.4 Å². The first-order valence-corrected chi connectivity index (χ1v) is 7.31. The van der Waals surface area contributed by atoms with E-state index < -0.39 is 5.60 Å². The number of aliphatic hydroxyl groups is 1. The van der Waals surface area contributed by atoms with E-state index in [2.05, 4.69) is 13.8 Å². The summed E-state index contributed by atoms with van der Waals surface area (Å²) in [6.45, 7) is 4.54. The number of rotatable bonds is 2. The Morgan fingerprint density at radius 3 is 2.58 bits per heavy atom. The van der Waals surface area contributed by atoms with Gasteiger partial charge in [0.05, 0.1) is 12.7 Å². The molecule has 1 N–H and O–H groups in total. The Balaban J connectivity index is 2.36. The molecular weight excluding hydrogens is 260 g/mol. The summed E-state index contributed by atoms with van der Waals surface area (Å²) in [5.74, 6) is 0.728. The van der Waals surface area contributed by atoms with Crippen molar-refractivity contribution >= 4 is 11.6 Å². The molecule has 1 saturated carbocycles. The van der Waals surface area contributed by atoms with E-state index in [0.29, 0.717) is 10.4 Å². The van der Waals surface area contributed by atoms with Crippen LogP contribution in [0.2, 0.25) is 5.02 Å². The van der Waals surface area contributed by atoms with Crippen molar-refractivity contribution in [3.8, 4) is 5.75 Å². The van der Waals surface area contributed by atoms with Crippen molar-refractivity contribution in [2.45, 2.75) is 51.6 Å². The van der Waals surface area contributed by atoms with Crippen LogP contribution in [0.5, 0.6) is 5.75 Å². The van der Waals surface area contributed by atoms with Gasteiger partial charge in [-0.15, -0.1) is 0 Å². The second kappa shape index (κ2) is 5.34. The molecule has 1 aromatic carbocycles. The Hall–Kier alpha value is -0.730. The summed E-state index contributed by atoms with van der Waals surface area (Å²) in [6.07, 6.45) is 4.72. The molecule has 1 unspecified atom stereocenters. The van der Waals surface area contributed by atoms with Gasteiger partial charge in [-0.25, -0.2) is 0 Å². The molecule has 0 bridgehead atoms. The van der Waals surface area contributed by atoms with Crippen molar-refractivity contribution in [1.82, 2.24) is 0 Å². The molecular formula is C16H23ClO2. The topological polar surface area (TPSA) is 29.5 Å². The molecule has 0 radical (unpaired) electrons. The fourth-order valence-corrected chi connectivity index (χ4v) is 3.14. The van der Waals surface area contributed by atoms with Gasteiger partial charge in [0.15, 0.2) is 0 Å². The number of methoxy groups -OCH3 is 1. The van der Waals surface area contributed by atoms with Crippen molar-refractivity contribution in [1.29, 1.82) is 0 Å². The van der Waals surface area contributed by atoms with Crippen LogP contribution < -0.4 is 4.74 Å². The molecule has 2 nitrogen and oxygen atoms in total. The molecule has 0 aromatic heterocycles. The lowest BCUT2D eigenvalue weighted by atomic mass is 9.82. The molecule has 1 aromatic rings. The summed E-state index contributed by atoms with van der Waals surface area (Å²) in [5.41, 5.74) is 0.320. The highest BCUT2D eigenvalue weighted by atomic mass is 35.5. The summed E-state index contributed by atoms with van der Waals surface area (Å²) >= 11 is 6.09. The van der Waals surface area contributed by atoms with E-state index in [1.807, 2.05) is 12.1 Å². The van der Waals surface area contributed by atoms with E-state index in [9.17, 15) is 5.11 Å². The third kappa shape index (κ3) is 3.24. The monoisotopic (exact) mass is 282 g/mol. The molecule has 106 valence electrons. The molecule has 0 spiro atoms. The van der Waals surface area contributed by atoms with Crippen molar-refractivity contribution in [3.05, 3.63) is 28.8 Å². The van der Waals surface area contributed by atoms with Crippen LogP contribution in [0.15, 0.2) is 18.2 Å². The minimum Gasteiger partial charge on any atom is -0.496 e. The zero-order valence-electron chi connectivity index (χ0n) is 12.0. The summed E-state index contributed by atoms with van der Waals surface area (Å²) in [7, 11) is 1.64. The van der Waals surface area contributed by atoms with Crippen molar-refractivity contribution < 1.29 is 9.84 Å². The fraction of sp³-hybridized carbons (Fsp3) is 0.625. The maximum atomic E-state index is 11.1. The van der Waals surface area contributed by atoms with Crippen molar-refractivity contribution in [2.24, 2.45) is 5.41 Å². The van der Waals surface area contributed by atoms with Gasteiger partial charge in [-0.1, -0.05) is 25.4 Å². The Morgan fingerprint density at radius 1 is 1.16 bits per heavy atom. The molecule has 19 heavy (non-hydrogen) atoms. The molecule has 0 aliphatic heterocycles. The van der Waals surface area contributed by atoms with Gasteiger partial charge in [-0.05, 0) is 55.7 Å². The minimum absolute atomic E-state index is 0.302. The number of ether oxygens (including phenoxy) is 1. The minimum atomic E-state index is -0.815. The van der Waals surface area contributed by atoms with E-state index >= 15 is 0 Å². The normalized spacial score (nSPS) is 26.8. The first-order chi connectivity index (χ1) is 8.86. The highest BCUT2D eigenvalue weighted by Gasteiger charge is 2.37. The van der Waals surface area contributed by atoms with E-state index in [-0.39, 0.29) is 0 Å². The van der Waals surface area contributed by atoms with Crippen LogP contribution >= 0.6 is 11.6 Å². The SMILES string of the molecule is COc1ccc(Cl)cc1C1(O)CCCC(C)(C)CC1. The Bertz CT molecular complexity index is 456. The average molecular weight is 283 g/mol. The van der Waals surface area contributed by atoms with Gasteiger partial charge in [0, 0.05) is 10.6 Å². The third-order valence-electron chi connectivity index (χ3n) is 4.32. The number of hydrogen-bond acceptors (Lipinski definition) is 2. The predicted molar refractivity (Wildman–Crippen MR) is 78.8 cm³/mol. The van der Waals surface area contributed by atoms with Crippen LogP contribution in [-0.4, -0.2) is 12.2 Å². The van der Waals surface area contributed by atoms with Crippen LogP contribution in [0.4, 0.5) is 0 Å². The molecule has 2 rings (SSSR count). The number of hydrogen-bond donors (Lipinski definition) is 1. The zero-order valence-corrected chi connectivity index (χ0v) is 12.8. The smallest absolute Gasteiger partial charge is 0.125 e. The van der Waals surface area contributed by atoms with Crippen LogP contribution in [0.1, 0.15) is 51.5 Å². The van der Waals surface area contributed by atoms with Crippen molar-refractivity contribution in [2.75, 3.05) is 7.11 Å². The highest BCUT2D eigenvalue weighted by Crippen LogP contribution is 2.45. The van der Waals surface area contributed by atoms with Crippen LogP contribution in [0.3, 0.4) is 0 Å². The predicted octanol–water partition coefficient (Wildman–Crippen LogP) is 4.53. The van der Waals surface area contributed by atoms with Gasteiger partial charge in [0.2, 0.25) is 0 Å². The number of halogens is 1. The largest absolute Gasteiger partial charge is 0.496 e. The van der Waals surface area contributed by atoms with Gasteiger partial charge in [0.25, 0.3) is 0 Å². The molecule has 0 amide bonds. The summed E-state index contributed by atoms with van der Waals surface area (Å²) in [5, 5.41) is 11.7. The zero-order chi connectivity index (χ0) is 14.1. The first-order valence-electron chi connectivity index (χ1n) is 6.93. The Morgan fingerprint density at radius 2 is 1.89 bits per heavy atom. The second-order valence-electron chi connectivity index (χ2n) is 6.39. The molecule has 1 fully saturated rings. The van der Waals surface area contributed by atoms with Crippen LogP contribution in [-0.2, 0) is 5.60 Å². The number of benzene rings is 1. The molecule has 0 heterocycles. The Kier molecular flexibility index (Phi) is 4.12. The van der Waals surface area contributed by atoms with E-state index in [4.69, 9.17) is 16.3 Å². The quantitative estimate of drug-likeness (QED) is 0.808.